The molecule has 0 unspecified atom stereocenters. The Kier molecular flexibility index (Phi) is 4.47. The highest BCUT2D eigenvalue weighted by atomic mass is 19.1. The Labute approximate surface area is 133 Å². The summed E-state index contributed by atoms with van der Waals surface area (Å²) >= 11 is 0. The molecule has 0 atom stereocenters. The van der Waals surface area contributed by atoms with Crippen LogP contribution in [0.5, 0.6) is 0 Å². The van der Waals surface area contributed by atoms with E-state index >= 15 is 0 Å². The number of nitrogens with zero attached hydrogens (tertiary/aromatic N) is 2. The van der Waals surface area contributed by atoms with Crippen LogP contribution in [0.2, 0.25) is 0 Å². The van der Waals surface area contributed by atoms with Gasteiger partial charge in [-0.05, 0) is 35.4 Å². The standard InChI is InChI=1S/C18H16FN3O/c19-16-6-4-5-14(9-16)11-20-18(23)10-15-12-21-22(13-15)17-7-2-1-3-8-17/h1-9,12-13H,10-11H2,(H,20,23). The largest absolute Gasteiger partial charge is 0.352 e. The second-order valence-electron chi connectivity index (χ2n) is 5.21. The second kappa shape index (κ2) is 6.87. The van der Waals surface area contributed by atoms with Crippen LogP contribution < -0.4 is 5.32 Å². The molecule has 1 aromatic heterocycles. The Hall–Kier alpha value is -2.95. The summed E-state index contributed by atoms with van der Waals surface area (Å²) in [5.74, 6) is -0.428. The maximum Gasteiger partial charge on any atom is 0.224 e. The van der Waals surface area contributed by atoms with Gasteiger partial charge in [-0.15, -0.1) is 0 Å². The third-order valence-electron chi connectivity index (χ3n) is 3.40. The van der Waals surface area contributed by atoms with E-state index in [0.29, 0.717) is 6.54 Å². The summed E-state index contributed by atoms with van der Waals surface area (Å²) in [4.78, 5) is 12.0. The lowest BCUT2D eigenvalue weighted by molar-refractivity contribution is -0.120. The number of halogens is 1. The smallest absolute Gasteiger partial charge is 0.224 e. The first-order chi connectivity index (χ1) is 11.2. The van der Waals surface area contributed by atoms with Crippen molar-refractivity contribution in [2.75, 3.05) is 0 Å². The predicted octanol–water partition coefficient (Wildman–Crippen LogP) is 2.87. The van der Waals surface area contributed by atoms with E-state index in [0.717, 1.165) is 16.8 Å². The topological polar surface area (TPSA) is 46.9 Å². The molecule has 0 saturated heterocycles. The van der Waals surface area contributed by atoms with Crippen molar-refractivity contribution in [3.05, 3.63) is 83.9 Å². The average Bonchev–Trinajstić information content (AvgIpc) is 3.02. The molecule has 1 amide bonds. The van der Waals surface area contributed by atoms with Crippen molar-refractivity contribution in [1.29, 1.82) is 0 Å². The molecule has 0 saturated carbocycles. The van der Waals surface area contributed by atoms with E-state index in [-0.39, 0.29) is 18.1 Å². The normalized spacial score (nSPS) is 10.5. The number of rotatable bonds is 5. The van der Waals surface area contributed by atoms with Gasteiger partial charge in [-0.25, -0.2) is 9.07 Å². The molecule has 4 nitrogen and oxygen atoms in total. The molecule has 0 bridgehead atoms. The molecule has 0 fully saturated rings. The van der Waals surface area contributed by atoms with Crippen LogP contribution >= 0.6 is 0 Å². The molecule has 5 heteroatoms. The monoisotopic (exact) mass is 309 g/mol. The summed E-state index contributed by atoms with van der Waals surface area (Å²) in [6, 6.07) is 15.9. The fourth-order valence-corrected chi connectivity index (χ4v) is 2.27. The van der Waals surface area contributed by atoms with Gasteiger partial charge < -0.3 is 5.32 Å². The van der Waals surface area contributed by atoms with Crippen molar-refractivity contribution in [1.82, 2.24) is 15.1 Å². The molecule has 0 aliphatic heterocycles. The highest BCUT2D eigenvalue weighted by Gasteiger charge is 2.07. The van der Waals surface area contributed by atoms with E-state index in [2.05, 4.69) is 10.4 Å². The molecule has 0 spiro atoms. The van der Waals surface area contributed by atoms with Gasteiger partial charge in [-0.1, -0.05) is 30.3 Å². The van der Waals surface area contributed by atoms with Crippen LogP contribution in [0.25, 0.3) is 5.69 Å². The van der Waals surface area contributed by atoms with Crippen molar-refractivity contribution in [2.24, 2.45) is 0 Å². The zero-order chi connectivity index (χ0) is 16.1. The first-order valence-corrected chi connectivity index (χ1v) is 7.31. The average molecular weight is 309 g/mol. The number of amides is 1. The molecular formula is C18H16FN3O. The molecule has 2 aromatic carbocycles. The first-order valence-electron chi connectivity index (χ1n) is 7.31. The van der Waals surface area contributed by atoms with Gasteiger partial charge in [0.1, 0.15) is 5.82 Å². The zero-order valence-electron chi connectivity index (χ0n) is 12.4. The lowest BCUT2D eigenvalue weighted by Crippen LogP contribution is -2.24. The summed E-state index contributed by atoms with van der Waals surface area (Å²) in [7, 11) is 0. The van der Waals surface area contributed by atoms with Crippen LogP contribution in [0.1, 0.15) is 11.1 Å². The Morgan fingerprint density at radius 2 is 1.91 bits per heavy atom. The summed E-state index contributed by atoms with van der Waals surface area (Å²) in [6.45, 7) is 0.309. The SMILES string of the molecule is O=C(Cc1cnn(-c2ccccc2)c1)NCc1cccc(F)c1. The van der Waals surface area contributed by atoms with Gasteiger partial charge in [0.25, 0.3) is 0 Å². The molecule has 1 N–H and O–H groups in total. The minimum atomic E-state index is -0.305. The van der Waals surface area contributed by atoms with Gasteiger partial charge in [0.05, 0.1) is 18.3 Å². The summed E-state index contributed by atoms with van der Waals surface area (Å²) in [6.07, 6.45) is 3.74. The van der Waals surface area contributed by atoms with Crippen LogP contribution in [0.4, 0.5) is 4.39 Å². The van der Waals surface area contributed by atoms with Gasteiger partial charge >= 0.3 is 0 Å². The Balaban J connectivity index is 1.57. The molecule has 3 rings (SSSR count). The van der Waals surface area contributed by atoms with Crippen molar-refractivity contribution in [2.45, 2.75) is 13.0 Å². The fraction of sp³-hybridized carbons (Fsp3) is 0.111. The van der Waals surface area contributed by atoms with Gasteiger partial charge in [-0.3, -0.25) is 4.79 Å². The van der Waals surface area contributed by atoms with E-state index in [9.17, 15) is 9.18 Å². The molecule has 3 aromatic rings. The maximum absolute atomic E-state index is 13.1. The highest BCUT2D eigenvalue weighted by molar-refractivity contribution is 5.78. The van der Waals surface area contributed by atoms with E-state index in [4.69, 9.17) is 0 Å². The minimum absolute atomic E-state index is 0.123. The molecular weight excluding hydrogens is 293 g/mol. The maximum atomic E-state index is 13.1. The summed E-state index contributed by atoms with van der Waals surface area (Å²) < 4.78 is 14.8. The van der Waals surface area contributed by atoms with Crippen molar-refractivity contribution in [3.63, 3.8) is 0 Å². The lowest BCUT2D eigenvalue weighted by atomic mass is 10.2. The Morgan fingerprint density at radius 3 is 2.70 bits per heavy atom. The Morgan fingerprint density at radius 1 is 1.09 bits per heavy atom. The van der Waals surface area contributed by atoms with Gasteiger partial charge in [0, 0.05) is 12.7 Å². The number of benzene rings is 2. The molecule has 0 aliphatic carbocycles. The van der Waals surface area contributed by atoms with Crippen LogP contribution in [0.3, 0.4) is 0 Å². The van der Waals surface area contributed by atoms with E-state index < -0.39 is 0 Å². The lowest BCUT2D eigenvalue weighted by Gasteiger charge is -2.04. The van der Waals surface area contributed by atoms with Gasteiger partial charge in [0.15, 0.2) is 0 Å². The van der Waals surface area contributed by atoms with Crippen molar-refractivity contribution < 1.29 is 9.18 Å². The Bertz CT molecular complexity index is 799. The number of hydrogen-bond donors (Lipinski definition) is 1. The number of carbonyl (C=O) groups is 1. The molecule has 0 radical (unpaired) electrons. The van der Waals surface area contributed by atoms with Crippen molar-refractivity contribution >= 4 is 5.91 Å². The van der Waals surface area contributed by atoms with E-state index in [1.54, 1.807) is 23.0 Å². The van der Waals surface area contributed by atoms with Crippen LogP contribution in [0, 0.1) is 5.82 Å². The molecule has 23 heavy (non-hydrogen) atoms. The number of carbonyl (C=O) groups excluding carboxylic acids is 1. The molecule has 1 heterocycles. The first kappa shape index (κ1) is 15.0. The minimum Gasteiger partial charge on any atom is -0.352 e. The zero-order valence-corrected chi connectivity index (χ0v) is 12.4. The highest BCUT2D eigenvalue weighted by Crippen LogP contribution is 2.08. The quantitative estimate of drug-likeness (QED) is 0.788. The van der Waals surface area contributed by atoms with Crippen molar-refractivity contribution in [3.8, 4) is 5.69 Å². The van der Waals surface area contributed by atoms with E-state index in [1.807, 2.05) is 36.5 Å². The number of nitrogens with one attached hydrogen (secondary N) is 1. The molecule has 0 aliphatic rings. The predicted molar refractivity (Wildman–Crippen MR) is 85.5 cm³/mol. The third kappa shape index (κ3) is 4.03. The number of aromatic nitrogens is 2. The van der Waals surface area contributed by atoms with Gasteiger partial charge in [0.2, 0.25) is 5.91 Å². The van der Waals surface area contributed by atoms with Gasteiger partial charge in [-0.2, -0.15) is 5.10 Å². The summed E-state index contributed by atoms with van der Waals surface area (Å²) in [5.41, 5.74) is 2.50. The molecule has 116 valence electrons. The van der Waals surface area contributed by atoms with Crippen LogP contribution in [-0.2, 0) is 17.8 Å². The van der Waals surface area contributed by atoms with Crippen LogP contribution in [-0.4, -0.2) is 15.7 Å². The van der Waals surface area contributed by atoms with Crippen LogP contribution in [0.15, 0.2) is 67.0 Å². The second-order valence-corrected chi connectivity index (χ2v) is 5.21. The number of hydrogen-bond acceptors (Lipinski definition) is 2. The number of para-hydroxylation sites is 1. The van der Waals surface area contributed by atoms with E-state index in [1.165, 1.54) is 12.1 Å². The summed E-state index contributed by atoms with van der Waals surface area (Å²) in [5, 5.41) is 7.04. The fourth-order valence-electron chi connectivity index (χ4n) is 2.27. The third-order valence-corrected chi connectivity index (χ3v) is 3.40.